The quantitative estimate of drug-likeness (QED) is 0.588. The number of carbonyl (C=O) groups excluding carboxylic acids is 2. The Morgan fingerprint density at radius 1 is 1.19 bits per heavy atom. The summed E-state index contributed by atoms with van der Waals surface area (Å²) in [5.41, 5.74) is 8.75. The van der Waals surface area contributed by atoms with Crippen molar-refractivity contribution in [3.8, 4) is 0 Å². The van der Waals surface area contributed by atoms with Gasteiger partial charge in [0.15, 0.2) is 0 Å². The number of hydrogen-bond acceptors (Lipinski definition) is 7. The highest BCUT2D eigenvalue weighted by Gasteiger charge is 2.37. The maximum atomic E-state index is 13.8. The van der Waals surface area contributed by atoms with Crippen LogP contribution >= 0.6 is 0 Å². The van der Waals surface area contributed by atoms with Crippen LogP contribution in [-0.4, -0.2) is 66.8 Å². The van der Waals surface area contributed by atoms with E-state index >= 15 is 0 Å². The van der Waals surface area contributed by atoms with E-state index in [1.807, 2.05) is 0 Å². The minimum atomic E-state index is -0.622. The van der Waals surface area contributed by atoms with Crippen molar-refractivity contribution in [1.29, 1.82) is 0 Å². The van der Waals surface area contributed by atoms with E-state index in [4.69, 9.17) is 4.74 Å². The summed E-state index contributed by atoms with van der Waals surface area (Å²) in [5.74, 6) is -0.532. The normalized spacial score (nSPS) is 23.0. The number of ether oxygens (including phenoxy) is 1. The van der Waals surface area contributed by atoms with Gasteiger partial charge in [-0.2, -0.15) is 5.53 Å². The molecule has 2 amide bonds. The fourth-order valence-corrected chi connectivity index (χ4v) is 2.95. The second-order valence-electron chi connectivity index (χ2n) is 6.00. The molecular formula is C16H23FN6O3. The molecule has 9 nitrogen and oxygen atoms in total. The van der Waals surface area contributed by atoms with E-state index in [1.54, 1.807) is 34.9 Å². The van der Waals surface area contributed by atoms with E-state index < -0.39 is 18.0 Å². The summed E-state index contributed by atoms with van der Waals surface area (Å²) in [5, 5.41) is 2.98. The zero-order valence-corrected chi connectivity index (χ0v) is 14.5. The predicted octanol–water partition coefficient (Wildman–Crippen LogP) is -0.155. The van der Waals surface area contributed by atoms with Gasteiger partial charge in [0.2, 0.25) is 5.91 Å². The standard InChI is InChI=1S/C16H23FN6O3/c1-2-26-16(25)23-9-7-22(8-10-23)15(24)13-14(20-21-19-13)18-12-6-4-3-5-11(12)17/h3-6,13-14,18-21H,2,7-10H2,1H3. The number of benzene rings is 1. The highest BCUT2D eigenvalue weighted by molar-refractivity contribution is 5.83. The number of piperazine rings is 1. The smallest absolute Gasteiger partial charge is 0.409 e. The van der Waals surface area contributed by atoms with Crippen LogP contribution in [-0.2, 0) is 9.53 Å². The molecule has 10 heteroatoms. The average molecular weight is 366 g/mol. The van der Waals surface area contributed by atoms with E-state index in [0.717, 1.165) is 0 Å². The Bertz CT molecular complexity index is 653. The van der Waals surface area contributed by atoms with Crippen molar-refractivity contribution >= 4 is 17.7 Å². The van der Waals surface area contributed by atoms with Crippen molar-refractivity contribution in [3.05, 3.63) is 30.1 Å². The number of hydrogen-bond donors (Lipinski definition) is 4. The van der Waals surface area contributed by atoms with Crippen LogP contribution in [0, 0.1) is 5.82 Å². The maximum Gasteiger partial charge on any atom is 0.409 e. The fraction of sp³-hybridized carbons (Fsp3) is 0.500. The topological polar surface area (TPSA) is 98.0 Å². The van der Waals surface area contributed by atoms with Gasteiger partial charge in [0.05, 0.1) is 12.3 Å². The van der Waals surface area contributed by atoms with Gasteiger partial charge in [0.25, 0.3) is 0 Å². The number of carbonyl (C=O) groups is 2. The Hall–Kier alpha value is -2.43. The van der Waals surface area contributed by atoms with Gasteiger partial charge in [-0.05, 0) is 19.1 Å². The first-order valence-electron chi connectivity index (χ1n) is 8.57. The highest BCUT2D eigenvalue weighted by Crippen LogP contribution is 2.16. The van der Waals surface area contributed by atoms with Crippen LogP contribution in [0.15, 0.2) is 24.3 Å². The molecule has 2 aliphatic heterocycles. The molecule has 1 aromatic rings. The number of rotatable bonds is 4. The second kappa shape index (κ2) is 8.30. The minimum absolute atomic E-state index is 0.139. The molecular weight excluding hydrogens is 343 g/mol. The monoisotopic (exact) mass is 366 g/mol. The molecule has 2 unspecified atom stereocenters. The molecule has 2 fully saturated rings. The first kappa shape index (κ1) is 18.4. The van der Waals surface area contributed by atoms with Crippen molar-refractivity contribution in [2.24, 2.45) is 0 Å². The third kappa shape index (κ3) is 4.03. The molecule has 4 N–H and O–H groups in total. The molecule has 2 heterocycles. The van der Waals surface area contributed by atoms with Gasteiger partial charge in [0, 0.05) is 26.2 Å². The molecule has 1 aromatic carbocycles. The highest BCUT2D eigenvalue weighted by atomic mass is 19.1. The average Bonchev–Trinajstić information content (AvgIpc) is 3.11. The Kier molecular flexibility index (Phi) is 5.86. The molecule has 26 heavy (non-hydrogen) atoms. The predicted molar refractivity (Wildman–Crippen MR) is 92.2 cm³/mol. The zero-order valence-electron chi connectivity index (χ0n) is 14.5. The first-order valence-corrected chi connectivity index (χ1v) is 8.57. The summed E-state index contributed by atoms with van der Waals surface area (Å²) < 4.78 is 18.8. The lowest BCUT2D eigenvalue weighted by molar-refractivity contribution is -0.135. The van der Waals surface area contributed by atoms with Gasteiger partial charge in [-0.3, -0.25) is 4.79 Å². The number of hydrazine groups is 2. The van der Waals surface area contributed by atoms with E-state index in [0.29, 0.717) is 38.5 Å². The number of halogens is 1. The fourth-order valence-electron chi connectivity index (χ4n) is 2.95. The maximum absolute atomic E-state index is 13.8. The molecule has 0 aromatic heterocycles. The van der Waals surface area contributed by atoms with Gasteiger partial charge in [-0.15, -0.1) is 0 Å². The van der Waals surface area contributed by atoms with Crippen LogP contribution in [0.2, 0.25) is 0 Å². The largest absolute Gasteiger partial charge is 0.450 e. The summed E-state index contributed by atoms with van der Waals surface area (Å²) >= 11 is 0. The molecule has 0 radical (unpaired) electrons. The van der Waals surface area contributed by atoms with E-state index in [-0.39, 0.29) is 12.0 Å². The van der Waals surface area contributed by atoms with Crippen LogP contribution in [0.25, 0.3) is 0 Å². The van der Waals surface area contributed by atoms with E-state index in [9.17, 15) is 14.0 Å². The number of nitrogens with zero attached hydrogens (tertiary/aromatic N) is 2. The second-order valence-corrected chi connectivity index (χ2v) is 6.00. The molecule has 142 valence electrons. The number of amides is 2. The van der Waals surface area contributed by atoms with Crippen LogP contribution in [0.1, 0.15) is 6.92 Å². The van der Waals surface area contributed by atoms with Crippen molar-refractivity contribution in [1.82, 2.24) is 26.2 Å². The van der Waals surface area contributed by atoms with Crippen molar-refractivity contribution in [2.75, 3.05) is 38.1 Å². The third-order valence-corrected chi connectivity index (χ3v) is 4.36. The number of para-hydroxylation sites is 1. The first-order chi connectivity index (χ1) is 12.6. The summed E-state index contributed by atoms with van der Waals surface area (Å²) in [7, 11) is 0. The molecule has 3 rings (SSSR count). The van der Waals surface area contributed by atoms with Crippen molar-refractivity contribution < 1.29 is 18.7 Å². The Morgan fingerprint density at radius 3 is 2.58 bits per heavy atom. The van der Waals surface area contributed by atoms with Crippen molar-refractivity contribution in [2.45, 2.75) is 19.1 Å². The van der Waals surface area contributed by atoms with Gasteiger partial charge < -0.3 is 19.9 Å². The number of nitrogens with one attached hydrogen (secondary N) is 4. The van der Waals surface area contributed by atoms with Gasteiger partial charge >= 0.3 is 6.09 Å². The lowest BCUT2D eigenvalue weighted by Gasteiger charge is -2.35. The molecule has 2 atom stereocenters. The van der Waals surface area contributed by atoms with Crippen LogP contribution < -0.4 is 21.7 Å². The Morgan fingerprint density at radius 2 is 1.88 bits per heavy atom. The lowest BCUT2D eigenvalue weighted by Crippen LogP contribution is -2.57. The SMILES string of the molecule is CCOC(=O)N1CCN(C(=O)C2NNNC2Nc2ccccc2F)CC1. The Balaban J connectivity index is 1.57. The summed E-state index contributed by atoms with van der Waals surface area (Å²) in [4.78, 5) is 27.8. The van der Waals surface area contributed by atoms with E-state index in [1.165, 1.54) is 6.07 Å². The van der Waals surface area contributed by atoms with Gasteiger partial charge in [-0.25, -0.2) is 20.0 Å². The molecule has 0 spiro atoms. The summed E-state index contributed by atoms with van der Waals surface area (Å²) in [6.07, 6.45) is -0.886. The van der Waals surface area contributed by atoms with Gasteiger partial charge in [0.1, 0.15) is 18.0 Å². The van der Waals surface area contributed by atoms with Crippen LogP contribution in [0.3, 0.4) is 0 Å². The van der Waals surface area contributed by atoms with Crippen LogP contribution in [0.4, 0.5) is 14.9 Å². The molecule has 0 bridgehead atoms. The van der Waals surface area contributed by atoms with E-state index in [2.05, 4.69) is 21.7 Å². The Labute approximate surface area is 150 Å². The lowest BCUT2D eigenvalue weighted by atomic mass is 10.1. The molecule has 2 aliphatic rings. The molecule has 0 saturated carbocycles. The van der Waals surface area contributed by atoms with Crippen molar-refractivity contribution in [3.63, 3.8) is 0 Å². The summed E-state index contributed by atoms with van der Waals surface area (Å²) in [6.45, 7) is 3.76. The summed E-state index contributed by atoms with van der Waals surface area (Å²) in [6, 6.07) is 5.65. The molecule has 0 aliphatic carbocycles. The molecule has 2 saturated heterocycles. The van der Waals surface area contributed by atoms with Crippen LogP contribution in [0.5, 0.6) is 0 Å². The van der Waals surface area contributed by atoms with Gasteiger partial charge in [-0.1, -0.05) is 12.1 Å². The third-order valence-electron chi connectivity index (χ3n) is 4.36. The zero-order chi connectivity index (χ0) is 18.5. The number of anilines is 1. The minimum Gasteiger partial charge on any atom is -0.450 e.